The highest BCUT2D eigenvalue weighted by atomic mass is 32.1. The number of ether oxygens (including phenoxy) is 1. The second-order valence-electron chi connectivity index (χ2n) is 5.25. The average Bonchev–Trinajstić information content (AvgIpc) is 2.85. The number of thiazole rings is 1. The molecule has 4 nitrogen and oxygen atoms in total. The number of hydrogen-bond donors (Lipinski definition) is 1. The van der Waals surface area contributed by atoms with Gasteiger partial charge in [-0.3, -0.25) is 0 Å². The number of nitrogens with zero attached hydrogens (tertiary/aromatic N) is 2. The molecule has 1 aliphatic heterocycles. The average molecular weight is 303 g/mol. The Hall–Kier alpha value is -1.59. The van der Waals surface area contributed by atoms with Crippen molar-refractivity contribution in [1.82, 2.24) is 4.98 Å². The van der Waals surface area contributed by atoms with Crippen molar-refractivity contribution in [3.05, 3.63) is 39.8 Å². The molecule has 1 saturated heterocycles. The second kappa shape index (κ2) is 6.45. The number of morpholine rings is 1. The Morgan fingerprint density at radius 3 is 2.52 bits per heavy atom. The van der Waals surface area contributed by atoms with Gasteiger partial charge in [0.1, 0.15) is 5.01 Å². The minimum absolute atomic E-state index is 0.788. The summed E-state index contributed by atoms with van der Waals surface area (Å²) in [5, 5.41) is 4.58. The summed E-state index contributed by atoms with van der Waals surface area (Å²) < 4.78 is 5.38. The Bertz CT molecular complexity index is 569. The first kappa shape index (κ1) is 14.4. The van der Waals surface area contributed by atoms with Gasteiger partial charge in [-0.2, -0.15) is 0 Å². The Kier molecular flexibility index (Phi) is 4.41. The highest BCUT2D eigenvalue weighted by Crippen LogP contribution is 2.21. The zero-order valence-corrected chi connectivity index (χ0v) is 13.4. The van der Waals surface area contributed by atoms with E-state index in [1.807, 2.05) is 0 Å². The van der Waals surface area contributed by atoms with Gasteiger partial charge in [-0.15, -0.1) is 11.3 Å². The SMILES string of the molecule is Cc1nc(CNc2ccc(N3CCOCC3)cc2)sc1C. The van der Waals surface area contributed by atoms with Crippen LogP contribution in [0.25, 0.3) is 0 Å². The summed E-state index contributed by atoms with van der Waals surface area (Å²) in [4.78, 5) is 8.21. The van der Waals surface area contributed by atoms with Crippen molar-refractivity contribution in [2.24, 2.45) is 0 Å². The van der Waals surface area contributed by atoms with E-state index in [0.29, 0.717) is 0 Å². The fourth-order valence-corrected chi connectivity index (χ4v) is 3.28. The summed E-state index contributed by atoms with van der Waals surface area (Å²) in [6, 6.07) is 8.62. The van der Waals surface area contributed by atoms with Gasteiger partial charge in [-0.1, -0.05) is 0 Å². The molecule has 0 amide bonds. The Morgan fingerprint density at radius 2 is 1.90 bits per heavy atom. The molecular formula is C16H21N3OS. The van der Waals surface area contributed by atoms with Crippen LogP contribution < -0.4 is 10.2 Å². The van der Waals surface area contributed by atoms with Gasteiger partial charge in [-0.05, 0) is 38.1 Å². The third-order valence-corrected chi connectivity index (χ3v) is 4.83. The normalized spacial score (nSPS) is 15.2. The van der Waals surface area contributed by atoms with Gasteiger partial charge in [0.25, 0.3) is 0 Å². The summed E-state index contributed by atoms with van der Waals surface area (Å²) in [7, 11) is 0. The Balaban J connectivity index is 1.59. The van der Waals surface area contributed by atoms with E-state index in [2.05, 4.69) is 53.3 Å². The maximum atomic E-state index is 5.38. The lowest BCUT2D eigenvalue weighted by Gasteiger charge is -2.28. The number of aromatic nitrogens is 1. The van der Waals surface area contributed by atoms with Gasteiger partial charge in [0.2, 0.25) is 0 Å². The highest BCUT2D eigenvalue weighted by molar-refractivity contribution is 7.11. The van der Waals surface area contributed by atoms with E-state index in [4.69, 9.17) is 4.74 Å². The zero-order chi connectivity index (χ0) is 14.7. The van der Waals surface area contributed by atoms with Crippen LogP contribution in [-0.4, -0.2) is 31.3 Å². The predicted molar refractivity (Wildman–Crippen MR) is 88.4 cm³/mol. The number of hydrogen-bond acceptors (Lipinski definition) is 5. The van der Waals surface area contributed by atoms with Crippen LogP contribution in [-0.2, 0) is 11.3 Å². The molecule has 112 valence electrons. The maximum absolute atomic E-state index is 5.38. The molecule has 0 aliphatic carbocycles. The zero-order valence-electron chi connectivity index (χ0n) is 12.6. The van der Waals surface area contributed by atoms with Gasteiger partial charge in [0, 0.05) is 29.3 Å². The van der Waals surface area contributed by atoms with Gasteiger partial charge in [-0.25, -0.2) is 4.98 Å². The molecule has 1 aromatic heterocycles. The molecule has 0 saturated carbocycles. The van der Waals surface area contributed by atoms with E-state index >= 15 is 0 Å². The lowest BCUT2D eigenvalue weighted by atomic mass is 10.2. The molecule has 2 heterocycles. The molecule has 2 aromatic rings. The molecule has 0 unspecified atom stereocenters. The van der Waals surface area contributed by atoms with E-state index in [-0.39, 0.29) is 0 Å². The number of rotatable bonds is 4. The fourth-order valence-electron chi connectivity index (χ4n) is 2.40. The van der Waals surface area contributed by atoms with Crippen molar-refractivity contribution >= 4 is 22.7 Å². The largest absolute Gasteiger partial charge is 0.379 e. The minimum Gasteiger partial charge on any atom is -0.379 e. The summed E-state index contributed by atoms with van der Waals surface area (Å²) in [6.07, 6.45) is 0. The fraction of sp³-hybridized carbons (Fsp3) is 0.438. The molecular weight excluding hydrogens is 282 g/mol. The molecule has 0 spiro atoms. The quantitative estimate of drug-likeness (QED) is 0.941. The standard InChI is InChI=1S/C16H21N3OS/c1-12-13(2)21-16(18-12)11-17-14-3-5-15(6-4-14)19-7-9-20-10-8-19/h3-6,17H,7-11H2,1-2H3. The number of benzene rings is 1. The van der Waals surface area contributed by atoms with Gasteiger partial charge >= 0.3 is 0 Å². The first-order chi connectivity index (χ1) is 10.2. The van der Waals surface area contributed by atoms with E-state index < -0.39 is 0 Å². The molecule has 1 aromatic carbocycles. The lowest BCUT2D eigenvalue weighted by molar-refractivity contribution is 0.122. The molecule has 21 heavy (non-hydrogen) atoms. The summed E-state index contributed by atoms with van der Waals surface area (Å²) in [5.74, 6) is 0. The second-order valence-corrected chi connectivity index (χ2v) is 6.54. The van der Waals surface area contributed by atoms with Crippen molar-refractivity contribution in [2.75, 3.05) is 36.5 Å². The van der Waals surface area contributed by atoms with E-state index in [9.17, 15) is 0 Å². The van der Waals surface area contributed by atoms with Crippen molar-refractivity contribution < 1.29 is 4.74 Å². The number of nitrogens with one attached hydrogen (secondary N) is 1. The molecule has 1 N–H and O–H groups in total. The van der Waals surface area contributed by atoms with E-state index in [1.54, 1.807) is 11.3 Å². The third-order valence-electron chi connectivity index (χ3n) is 3.76. The lowest BCUT2D eigenvalue weighted by Crippen LogP contribution is -2.36. The third kappa shape index (κ3) is 3.54. The number of aryl methyl sites for hydroxylation is 2. The maximum Gasteiger partial charge on any atom is 0.112 e. The molecule has 0 radical (unpaired) electrons. The van der Waals surface area contributed by atoms with Crippen molar-refractivity contribution in [3.63, 3.8) is 0 Å². The van der Waals surface area contributed by atoms with Crippen LogP contribution in [0.3, 0.4) is 0 Å². The smallest absolute Gasteiger partial charge is 0.112 e. The van der Waals surface area contributed by atoms with Crippen molar-refractivity contribution in [2.45, 2.75) is 20.4 Å². The molecule has 1 aliphatic rings. The van der Waals surface area contributed by atoms with Crippen LogP contribution in [0.15, 0.2) is 24.3 Å². The van der Waals surface area contributed by atoms with E-state index in [1.165, 1.54) is 10.6 Å². The van der Waals surface area contributed by atoms with E-state index in [0.717, 1.165) is 49.2 Å². The van der Waals surface area contributed by atoms with Gasteiger partial charge < -0.3 is 15.0 Å². The van der Waals surface area contributed by atoms with Crippen LogP contribution in [0.4, 0.5) is 11.4 Å². The van der Waals surface area contributed by atoms with Crippen molar-refractivity contribution in [3.8, 4) is 0 Å². The van der Waals surface area contributed by atoms with Crippen molar-refractivity contribution in [1.29, 1.82) is 0 Å². The van der Waals surface area contributed by atoms with Crippen LogP contribution in [0, 0.1) is 13.8 Å². The topological polar surface area (TPSA) is 37.4 Å². The summed E-state index contributed by atoms with van der Waals surface area (Å²) in [6.45, 7) is 8.57. The predicted octanol–water partition coefficient (Wildman–Crippen LogP) is 3.21. The molecule has 0 bridgehead atoms. The Morgan fingerprint density at radius 1 is 1.19 bits per heavy atom. The number of anilines is 2. The molecule has 5 heteroatoms. The first-order valence-electron chi connectivity index (χ1n) is 7.32. The Labute approximate surface area is 129 Å². The summed E-state index contributed by atoms with van der Waals surface area (Å²) >= 11 is 1.76. The molecule has 3 rings (SSSR count). The van der Waals surface area contributed by atoms with Crippen LogP contribution >= 0.6 is 11.3 Å². The van der Waals surface area contributed by atoms with Crippen LogP contribution in [0.5, 0.6) is 0 Å². The highest BCUT2D eigenvalue weighted by Gasteiger charge is 2.10. The summed E-state index contributed by atoms with van der Waals surface area (Å²) in [5.41, 5.74) is 3.54. The van der Waals surface area contributed by atoms with Gasteiger partial charge in [0.05, 0.1) is 25.5 Å². The minimum atomic E-state index is 0.788. The molecule has 0 atom stereocenters. The first-order valence-corrected chi connectivity index (χ1v) is 8.13. The molecule has 1 fully saturated rings. The van der Waals surface area contributed by atoms with Crippen LogP contribution in [0.1, 0.15) is 15.6 Å². The van der Waals surface area contributed by atoms with Gasteiger partial charge in [0.15, 0.2) is 0 Å². The monoisotopic (exact) mass is 303 g/mol. The van der Waals surface area contributed by atoms with Crippen LogP contribution in [0.2, 0.25) is 0 Å².